The van der Waals surface area contributed by atoms with E-state index >= 15 is 0 Å². The summed E-state index contributed by atoms with van der Waals surface area (Å²) in [6.07, 6.45) is 1.65. The molecule has 1 heterocycles. The molecule has 1 aromatic heterocycles. The van der Waals surface area contributed by atoms with Crippen LogP contribution in [0.4, 0.5) is 4.39 Å². The minimum absolute atomic E-state index is 0.161. The Bertz CT molecular complexity index is 809. The van der Waals surface area contributed by atoms with Crippen LogP contribution in [0.5, 0.6) is 11.5 Å². The van der Waals surface area contributed by atoms with E-state index in [1.165, 1.54) is 6.07 Å². The normalized spacial score (nSPS) is 10.8. The van der Waals surface area contributed by atoms with Gasteiger partial charge in [-0.3, -0.25) is 4.98 Å². The maximum Gasteiger partial charge on any atom is 0.166 e. The monoisotopic (exact) mass is 365 g/mol. The molecule has 0 fully saturated rings. The number of hydrogen-bond acceptors (Lipinski definition) is 2. The summed E-state index contributed by atoms with van der Waals surface area (Å²) in [6.45, 7) is 0. The van der Waals surface area contributed by atoms with Gasteiger partial charge in [-0.2, -0.15) is 0 Å². The fourth-order valence-corrected chi connectivity index (χ4v) is 2.59. The van der Waals surface area contributed by atoms with Gasteiger partial charge in [0.15, 0.2) is 17.3 Å². The fraction of sp³-hybridized carbons (Fsp3) is 0.0625. The van der Waals surface area contributed by atoms with Crippen LogP contribution in [0, 0.1) is 5.82 Å². The fourth-order valence-electron chi connectivity index (χ4n) is 2.02. The molecule has 3 aromatic rings. The van der Waals surface area contributed by atoms with Crippen LogP contribution in [0.2, 0.25) is 5.02 Å². The quantitative estimate of drug-likeness (QED) is 0.554. The lowest BCUT2D eigenvalue weighted by molar-refractivity contribution is 0.445. The molecule has 0 saturated carbocycles. The summed E-state index contributed by atoms with van der Waals surface area (Å²) < 4.78 is 19.7. The van der Waals surface area contributed by atoms with E-state index in [1.54, 1.807) is 36.5 Å². The standard InChI is InChI=1S/C16H10BrClFNO/c17-9-10-3-5-14(13(19)8-10)21-15-6-4-12(18)11-2-1-7-20-16(11)15/h1-8H,9H2. The Labute approximate surface area is 134 Å². The van der Waals surface area contributed by atoms with Gasteiger partial charge >= 0.3 is 0 Å². The van der Waals surface area contributed by atoms with Crippen LogP contribution in [0.3, 0.4) is 0 Å². The second kappa shape index (κ2) is 6.00. The van der Waals surface area contributed by atoms with Crippen molar-refractivity contribution in [1.82, 2.24) is 4.98 Å². The van der Waals surface area contributed by atoms with Crippen LogP contribution in [0.25, 0.3) is 10.9 Å². The van der Waals surface area contributed by atoms with Gasteiger partial charge in [-0.15, -0.1) is 0 Å². The average Bonchev–Trinajstić information content (AvgIpc) is 2.52. The summed E-state index contributed by atoms with van der Waals surface area (Å²) >= 11 is 9.42. The van der Waals surface area contributed by atoms with Crippen molar-refractivity contribution in [1.29, 1.82) is 0 Å². The van der Waals surface area contributed by atoms with Gasteiger partial charge < -0.3 is 4.74 Å². The predicted molar refractivity (Wildman–Crippen MR) is 85.9 cm³/mol. The molecule has 3 rings (SSSR count). The molecule has 0 unspecified atom stereocenters. The maximum atomic E-state index is 14.0. The zero-order valence-corrected chi connectivity index (χ0v) is 13.2. The van der Waals surface area contributed by atoms with Crippen molar-refractivity contribution < 1.29 is 9.13 Å². The topological polar surface area (TPSA) is 22.1 Å². The molecule has 2 nitrogen and oxygen atoms in total. The van der Waals surface area contributed by atoms with Gasteiger partial charge in [0.25, 0.3) is 0 Å². The van der Waals surface area contributed by atoms with Crippen LogP contribution < -0.4 is 4.74 Å². The largest absolute Gasteiger partial charge is 0.452 e. The molecule has 0 spiro atoms. The van der Waals surface area contributed by atoms with Crippen molar-refractivity contribution in [2.45, 2.75) is 5.33 Å². The third kappa shape index (κ3) is 2.87. The highest BCUT2D eigenvalue weighted by atomic mass is 79.9. The summed E-state index contributed by atoms with van der Waals surface area (Å²) in [4.78, 5) is 4.26. The van der Waals surface area contributed by atoms with Crippen LogP contribution in [-0.2, 0) is 5.33 Å². The number of fused-ring (bicyclic) bond motifs is 1. The van der Waals surface area contributed by atoms with Crippen molar-refractivity contribution in [3.05, 3.63) is 65.1 Å². The van der Waals surface area contributed by atoms with Gasteiger partial charge in [0, 0.05) is 16.9 Å². The van der Waals surface area contributed by atoms with Gasteiger partial charge in [-0.25, -0.2) is 4.39 Å². The molecule has 106 valence electrons. The highest BCUT2D eigenvalue weighted by Crippen LogP contribution is 2.33. The smallest absolute Gasteiger partial charge is 0.166 e. The first-order valence-electron chi connectivity index (χ1n) is 6.24. The first kappa shape index (κ1) is 14.3. The summed E-state index contributed by atoms with van der Waals surface area (Å²) in [5.74, 6) is 0.223. The summed E-state index contributed by atoms with van der Waals surface area (Å²) in [6, 6.07) is 11.9. The lowest BCUT2D eigenvalue weighted by atomic mass is 10.2. The molecular formula is C16H10BrClFNO. The van der Waals surface area contributed by atoms with Gasteiger partial charge in [0.2, 0.25) is 0 Å². The summed E-state index contributed by atoms with van der Waals surface area (Å²) in [7, 11) is 0. The number of pyridine rings is 1. The molecular weight excluding hydrogens is 357 g/mol. The molecule has 21 heavy (non-hydrogen) atoms. The second-order valence-corrected chi connectivity index (χ2v) is 5.41. The van der Waals surface area contributed by atoms with E-state index in [1.807, 2.05) is 6.07 Å². The molecule has 0 radical (unpaired) electrons. The predicted octanol–water partition coefficient (Wildman–Crippen LogP) is 5.71. The van der Waals surface area contributed by atoms with E-state index in [0.29, 0.717) is 21.6 Å². The van der Waals surface area contributed by atoms with E-state index in [0.717, 1.165) is 10.9 Å². The first-order valence-corrected chi connectivity index (χ1v) is 7.74. The van der Waals surface area contributed by atoms with Crippen LogP contribution in [0.15, 0.2) is 48.7 Å². The number of hydrogen-bond donors (Lipinski definition) is 0. The highest BCUT2D eigenvalue weighted by molar-refractivity contribution is 9.08. The third-order valence-corrected chi connectivity index (χ3v) is 4.03. The number of nitrogens with zero attached hydrogens (tertiary/aromatic N) is 1. The lowest BCUT2D eigenvalue weighted by Gasteiger charge is -2.10. The minimum atomic E-state index is -0.411. The molecule has 0 bridgehead atoms. The SMILES string of the molecule is Fc1cc(CBr)ccc1Oc1ccc(Cl)c2cccnc12. The first-order chi connectivity index (χ1) is 10.2. The van der Waals surface area contributed by atoms with Crippen molar-refractivity contribution >= 4 is 38.4 Å². The molecule has 2 aromatic carbocycles. The van der Waals surface area contributed by atoms with E-state index in [2.05, 4.69) is 20.9 Å². The van der Waals surface area contributed by atoms with Gasteiger partial charge in [0.1, 0.15) is 5.52 Å². The van der Waals surface area contributed by atoms with Gasteiger partial charge in [-0.1, -0.05) is 33.6 Å². The Hall–Kier alpha value is -1.65. The molecule has 0 amide bonds. The van der Waals surface area contributed by atoms with Crippen molar-refractivity contribution in [2.75, 3.05) is 0 Å². The minimum Gasteiger partial charge on any atom is -0.452 e. The Morgan fingerprint density at radius 2 is 1.95 bits per heavy atom. The number of rotatable bonds is 3. The highest BCUT2D eigenvalue weighted by Gasteiger charge is 2.11. The number of benzene rings is 2. The van der Waals surface area contributed by atoms with Crippen LogP contribution >= 0.6 is 27.5 Å². The number of aromatic nitrogens is 1. The van der Waals surface area contributed by atoms with Crippen LogP contribution in [0.1, 0.15) is 5.56 Å². The average molecular weight is 367 g/mol. The Morgan fingerprint density at radius 1 is 1.14 bits per heavy atom. The van der Waals surface area contributed by atoms with Gasteiger partial charge in [0.05, 0.1) is 5.02 Å². The van der Waals surface area contributed by atoms with Crippen molar-refractivity contribution in [3.8, 4) is 11.5 Å². The van der Waals surface area contributed by atoms with Crippen molar-refractivity contribution in [3.63, 3.8) is 0 Å². The number of alkyl halides is 1. The summed E-state index contributed by atoms with van der Waals surface area (Å²) in [5, 5.41) is 1.95. The van der Waals surface area contributed by atoms with E-state index in [-0.39, 0.29) is 5.75 Å². The van der Waals surface area contributed by atoms with E-state index in [4.69, 9.17) is 16.3 Å². The Balaban J connectivity index is 2.04. The van der Waals surface area contributed by atoms with E-state index < -0.39 is 5.82 Å². The number of halogens is 3. The molecule has 0 N–H and O–H groups in total. The maximum absolute atomic E-state index is 14.0. The third-order valence-electron chi connectivity index (χ3n) is 3.05. The zero-order chi connectivity index (χ0) is 14.8. The van der Waals surface area contributed by atoms with Crippen LogP contribution in [-0.4, -0.2) is 4.98 Å². The number of ether oxygens (including phenoxy) is 1. The molecule has 0 aliphatic heterocycles. The Kier molecular flexibility index (Phi) is 4.08. The molecule has 5 heteroatoms. The van der Waals surface area contributed by atoms with Crippen molar-refractivity contribution in [2.24, 2.45) is 0 Å². The molecule has 0 aliphatic rings. The molecule has 0 saturated heterocycles. The molecule has 0 atom stereocenters. The Morgan fingerprint density at radius 3 is 2.71 bits per heavy atom. The van der Waals surface area contributed by atoms with Gasteiger partial charge in [-0.05, 0) is 42.0 Å². The summed E-state index contributed by atoms with van der Waals surface area (Å²) in [5.41, 5.74) is 1.45. The molecule has 0 aliphatic carbocycles. The second-order valence-electron chi connectivity index (χ2n) is 4.45. The van der Waals surface area contributed by atoms with E-state index in [9.17, 15) is 4.39 Å². The lowest BCUT2D eigenvalue weighted by Crippen LogP contribution is -1.92. The zero-order valence-electron chi connectivity index (χ0n) is 10.8.